The van der Waals surface area contributed by atoms with Crippen LogP contribution >= 0.6 is 0 Å². The zero-order chi connectivity index (χ0) is 16.0. The molecular weight excluding hydrogens is 297 g/mol. The van der Waals surface area contributed by atoms with Crippen molar-refractivity contribution in [2.24, 2.45) is 11.8 Å². The van der Waals surface area contributed by atoms with E-state index in [1.165, 1.54) is 0 Å². The predicted octanol–water partition coefficient (Wildman–Crippen LogP) is 2.70. The van der Waals surface area contributed by atoms with E-state index >= 15 is 0 Å². The monoisotopic (exact) mass is 316 g/mol. The number of alkyl carbamates (subject to hydrolysis) is 1. The Kier molecular flexibility index (Phi) is 5.65. The highest BCUT2D eigenvalue weighted by Gasteiger charge is 2.45. The van der Waals surface area contributed by atoms with Gasteiger partial charge in [0.1, 0.15) is 6.61 Å². The molecule has 0 aromatic heterocycles. The smallest absolute Gasteiger partial charge is 0.407 e. The maximum atomic E-state index is 12.9. The molecule has 2 rings (SSSR count). The summed E-state index contributed by atoms with van der Waals surface area (Å²) in [4.78, 5) is 11.6. The molecular formula is C15H19F3N2O2. The van der Waals surface area contributed by atoms with Crippen molar-refractivity contribution in [3.8, 4) is 0 Å². The van der Waals surface area contributed by atoms with E-state index in [0.29, 0.717) is 13.0 Å². The maximum Gasteiger partial charge on any atom is 0.407 e. The van der Waals surface area contributed by atoms with Crippen molar-refractivity contribution in [2.45, 2.75) is 19.2 Å². The summed E-state index contributed by atoms with van der Waals surface area (Å²) < 4.78 is 43.7. The zero-order valence-electron chi connectivity index (χ0n) is 12.0. The van der Waals surface area contributed by atoms with Gasteiger partial charge < -0.3 is 15.4 Å². The third-order valence-corrected chi connectivity index (χ3v) is 3.77. The molecule has 7 heteroatoms. The van der Waals surface area contributed by atoms with Gasteiger partial charge in [-0.3, -0.25) is 0 Å². The Morgan fingerprint density at radius 2 is 2.05 bits per heavy atom. The first-order chi connectivity index (χ1) is 10.5. The lowest BCUT2D eigenvalue weighted by atomic mass is 9.86. The SMILES string of the molecule is O=C(NC[C@@H]1CCNC[C@H]1C(F)(F)F)OCc1ccccc1. The predicted molar refractivity (Wildman–Crippen MR) is 75.2 cm³/mol. The fourth-order valence-electron chi connectivity index (χ4n) is 2.53. The summed E-state index contributed by atoms with van der Waals surface area (Å²) >= 11 is 0. The Bertz CT molecular complexity index is 479. The lowest BCUT2D eigenvalue weighted by molar-refractivity contribution is -0.191. The summed E-state index contributed by atoms with van der Waals surface area (Å²) in [7, 11) is 0. The molecule has 1 aromatic rings. The van der Waals surface area contributed by atoms with Crippen molar-refractivity contribution in [2.75, 3.05) is 19.6 Å². The normalized spacial score (nSPS) is 22.1. The van der Waals surface area contributed by atoms with Crippen LogP contribution in [-0.4, -0.2) is 31.9 Å². The van der Waals surface area contributed by atoms with Gasteiger partial charge in [-0.1, -0.05) is 30.3 Å². The number of benzene rings is 1. The molecule has 0 saturated carbocycles. The van der Waals surface area contributed by atoms with E-state index in [1.54, 1.807) is 12.1 Å². The molecule has 0 aliphatic carbocycles. The number of piperidine rings is 1. The molecule has 1 aliphatic rings. The summed E-state index contributed by atoms with van der Waals surface area (Å²) in [6.07, 6.45) is -4.57. The van der Waals surface area contributed by atoms with Crippen LogP contribution in [0.4, 0.5) is 18.0 Å². The second-order valence-electron chi connectivity index (χ2n) is 5.34. The molecule has 2 atom stereocenters. The van der Waals surface area contributed by atoms with Gasteiger partial charge in [-0.2, -0.15) is 13.2 Å². The molecule has 1 aliphatic heterocycles. The molecule has 2 N–H and O–H groups in total. The van der Waals surface area contributed by atoms with Crippen molar-refractivity contribution in [3.63, 3.8) is 0 Å². The average molecular weight is 316 g/mol. The third-order valence-electron chi connectivity index (χ3n) is 3.77. The minimum Gasteiger partial charge on any atom is -0.445 e. The Balaban J connectivity index is 1.77. The molecule has 1 saturated heterocycles. The fourth-order valence-corrected chi connectivity index (χ4v) is 2.53. The first-order valence-corrected chi connectivity index (χ1v) is 7.19. The first kappa shape index (κ1) is 16.6. The molecule has 1 heterocycles. The van der Waals surface area contributed by atoms with Gasteiger partial charge in [-0.15, -0.1) is 0 Å². The standard InChI is InChI=1S/C15H19F3N2O2/c16-15(17,18)13-9-19-7-6-12(13)8-20-14(21)22-10-11-4-2-1-3-5-11/h1-5,12-13,19H,6-10H2,(H,20,21)/t12-,13+/m0/s1. The zero-order valence-corrected chi connectivity index (χ0v) is 12.0. The number of halogens is 3. The summed E-state index contributed by atoms with van der Waals surface area (Å²) in [6.45, 7) is 0.494. The molecule has 0 radical (unpaired) electrons. The van der Waals surface area contributed by atoms with Crippen LogP contribution in [0.25, 0.3) is 0 Å². The van der Waals surface area contributed by atoms with E-state index in [1.807, 2.05) is 18.2 Å². The quantitative estimate of drug-likeness (QED) is 0.898. The van der Waals surface area contributed by atoms with Gasteiger partial charge in [0.25, 0.3) is 0 Å². The third kappa shape index (κ3) is 4.91. The molecule has 0 spiro atoms. The Labute approximate surface area is 127 Å². The van der Waals surface area contributed by atoms with Crippen LogP contribution in [0.15, 0.2) is 30.3 Å². The van der Waals surface area contributed by atoms with E-state index in [4.69, 9.17) is 4.74 Å². The lowest BCUT2D eigenvalue weighted by Gasteiger charge is -2.33. The summed E-state index contributed by atoms with van der Waals surface area (Å²) in [5.41, 5.74) is 0.827. The van der Waals surface area contributed by atoms with E-state index in [9.17, 15) is 18.0 Å². The van der Waals surface area contributed by atoms with E-state index in [0.717, 1.165) is 5.56 Å². The van der Waals surface area contributed by atoms with Crippen molar-refractivity contribution < 1.29 is 22.7 Å². The number of nitrogens with one attached hydrogen (secondary N) is 2. The van der Waals surface area contributed by atoms with Gasteiger partial charge in [-0.05, 0) is 24.4 Å². The number of hydrogen-bond donors (Lipinski definition) is 2. The topological polar surface area (TPSA) is 50.4 Å². The van der Waals surface area contributed by atoms with Gasteiger partial charge >= 0.3 is 12.3 Å². The van der Waals surface area contributed by atoms with Crippen LogP contribution in [0.5, 0.6) is 0 Å². The van der Waals surface area contributed by atoms with Gasteiger partial charge in [-0.25, -0.2) is 4.79 Å². The number of alkyl halides is 3. The van der Waals surface area contributed by atoms with Gasteiger partial charge in [0.2, 0.25) is 0 Å². The first-order valence-electron chi connectivity index (χ1n) is 7.19. The van der Waals surface area contributed by atoms with Crippen LogP contribution < -0.4 is 10.6 Å². The van der Waals surface area contributed by atoms with Gasteiger partial charge in [0.15, 0.2) is 0 Å². The largest absolute Gasteiger partial charge is 0.445 e. The summed E-state index contributed by atoms with van der Waals surface area (Å²) in [6, 6.07) is 9.09. The van der Waals surface area contributed by atoms with Crippen molar-refractivity contribution in [1.29, 1.82) is 0 Å². The van der Waals surface area contributed by atoms with E-state index in [-0.39, 0.29) is 19.7 Å². The van der Waals surface area contributed by atoms with Crippen molar-refractivity contribution in [1.82, 2.24) is 10.6 Å². The van der Waals surface area contributed by atoms with Crippen LogP contribution in [0, 0.1) is 11.8 Å². The summed E-state index contributed by atoms with van der Waals surface area (Å²) in [5, 5.41) is 5.18. The number of carbonyl (C=O) groups is 1. The second kappa shape index (κ2) is 7.49. The molecule has 122 valence electrons. The number of rotatable bonds is 4. The molecule has 22 heavy (non-hydrogen) atoms. The highest BCUT2D eigenvalue weighted by atomic mass is 19.4. The molecule has 0 unspecified atom stereocenters. The highest BCUT2D eigenvalue weighted by molar-refractivity contribution is 5.67. The molecule has 0 bridgehead atoms. The van der Waals surface area contributed by atoms with Gasteiger partial charge in [0.05, 0.1) is 5.92 Å². The second-order valence-corrected chi connectivity index (χ2v) is 5.34. The number of hydrogen-bond acceptors (Lipinski definition) is 3. The fraction of sp³-hybridized carbons (Fsp3) is 0.533. The highest BCUT2D eigenvalue weighted by Crippen LogP contribution is 2.34. The Hall–Kier alpha value is -1.76. The molecule has 1 aromatic carbocycles. The molecule has 1 amide bonds. The van der Waals surface area contributed by atoms with E-state index in [2.05, 4.69) is 10.6 Å². The number of ether oxygens (including phenoxy) is 1. The number of carbonyl (C=O) groups excluding carboxylic acids is 1. The maximum absolute atomic E-state index is 12.9. The number of amides is 1. The van der Waals surface area contributed by atoms with Gasteiger partial charge in [0, 0.05) is 13.1 Å². The summed E-state index contributed by atoms with van der Waals surface area (Å²) in [5.74, 6) is -2.05. The van der Waals surface area contributed by atoms with Crippen molar-refractivity contribution in [3.05, 3.63) is 35.9 Å². The lowest BCUT2D eigenvalue weighted by Crippen LogP contribution is -2.48. The Morgan fingerprint density at radius 1 is 1.32 bits per heavy atom. The average Bonchev–Trinajstić information content (AvgIpc) is 2.51. The van der Waals surface area contributed by atoms with Crippen LogP contribution in [0.2, 0.25) is 0 Å². The molecule has 1 fully saturated rings. The van der Waals surface area contributed by atoms with Crippen LogP contribution in [-0.2, 0) is 11.3 Å². The van der Waals surface area contributed by atoms with E-state index < -0.39 is 24.1 Å². The minimum absolute atomic E-state index is 0.0283. The molecule has 4 nitrogen and oxygen atoms in total. The van der Waals surface area contributed by atoms with Crippen molar-refractivity contribution >= 4 is 6.09 Å². The Morgan fingerprint density at radius 3 is 2.73 bits per heavy atom. The van der Waals surface area contributed by atoms with Crippen LogP contribution in [0.3, 0.4) is 0 Å². The van der Waals surface area contributed by atoms with Crippen LogP contribution in [0.1, 0.15) is 12.0 Å². The minimum atomic E-state index is -4.26.